The molecule has 20 heavy (non-hydrogen) atoms. The lowest BCUT2D eigenvalue weighted by Gasteiger charge is -2.38. The van der Waals surface area contributed by atoms with E-state index in [0.29, 0.717) is 39.3 Å². The van der Waals surface area contributed by atoms with Crippen molar-refractivity contribution in [3.05, 3.63) is 0 Å². The minimum Gasteiger partial charge on any atom is -0.480 e. The molecule has 112 valence electrons. The van der Waals surface area contributed by atoms with Crippen molar-refractivity contribution in [1.82, 2.24) is 14.7 Å². The number of nitrogens with zero attached hydrogens (tertiary/aromatic N) is 3. The Kier molecular flexibility index (Phi) is 6.32. The van der Waals surface area contributed by atoms with Crippen molar-refractivity contribution in [2.45, 2.75) is 26.3 Å². The van der Waals surface area contributed by atoms with Gasteiger partial charge in [0.2, 0.25) is 0 Å². The molecule has 1 aliphatic rings. The third kappa shape index (κ3) is 4.14. The number of carboxylic acids is 1. The van der Waals surface area contributed by atoms with Gasteiger partial charge in [-0.3, -0.25) is 9.69 Å². The van der Waals surface area contributed by atoms with Crippen molar-refractivity contribution in [2.24, 2.45) is 0 Å². The summed E-state index contributed by atoms with van der Waals surface area (Å²) < 4.78 is 0. The number of urea groups is 1. The summed E-state index contributed by atoms with van der Waals surface area (Å²) in [4.78, 5) is 28.5. The highest BCUT2D eigenvalue weighted by molar-refractivity contribution is 5.75. The first-order valence-electron chi connectivity index (χ1n) is 6.95. The molecule has 0 aromatic carbocycles. The molecular weight excluding hydrogens is 258 g/mol. The molecule has 1 unspecified atom stereocenters. The molecule has 1 heterocycles. The zero-order valence-corrected chi connectivity index (χ0v) is 12.2. The van der Waals surface area contributed by atoms with Gasteiger partial charge < -0.3 is 14.9 Å². The van der Waals surface area contributed by atoms with Crippen LogP contribution in [0.15, 0.2) is 0 Å². The van der Waals surface area contributed by atoms with E-state index >= 15 is 0 Å². The Labute approximate surface area is 120 Å². The van der Waals surface area contributed by atoms with E-state index in [-0.39, 0.29) is 6.03 Å². The first-order chi connectivity index (χ1) is 9.51. The van der Waals surface area contributed by atoms with E-state index in [1.807, 2.05) is 11.8 Å². The maximum absolute atomic E-state index is 12.3. The summed E-state index contributed by atoms with van der Waals surface area (Å²) in [5.41, 5.74) is 0. The van der Waals surface area contributed by atoms with Crippen LogP contribution in [0.25, 0.3) is 0 Å². The Morgan fingerprint density at radius 3 is 2.40 bits per heavy atom. The lowest BCUT2D eigenvalue weighted by molar-refractivity contribution is -0.143. The molecule has 1 fully saturated rings. The van der Waals surface area contributed by atoms with Gasteiger partial charge in [-0.15, -0.1) is 6.42 Å². The van der Waals surface area contributed by atoms with Crippen LogP contribution in [0, 0.1) is 12.3 Å². The molecule has 0 bridgehead atoms. The summed E-state index contributed by atoms with van der Waals surface area (Å²) in [5, 5.41) is 8.98. The third-order valence-electron chi connectivity index (χ3n) is 3.54. The van der Waals surface area contributed by atoms with Crippen LogP contribution in [-0.2, 0) is 4.79 Å². The molecule has 0 radical (unpaired) electrons. The summed E-state index contributed by atoms with van der Waals surface area (Å²) in [6.07, 6.45) is 6.15. The number of carboxylic acid groups (broad SMARTS) is 1. The van der Waals surface area contributed by atoms with Crippen LogP contribution in [0.2, 0.25) is 0 Å². The molecule has 0 aromatic rings. The van der Waals surface area contributed by atoms with Gasteiger partial charge in [0, 0.05) is 32.7 Å². The first-order valence-corrected chi connectivity index (χ1v) is 6.95. The van der Waals surface area contributed by atoms with Crippen molar-refractivity contribution >= 4 is 12.0 Å². The highest BCUT2D eigenvalue weighted by Gasteiger charge is 2.28. The molecule has 1 saturated heterocycles. The molecule has 1 atom stereocenters. The van der Waals surface area contributed by atoms with Gasteiger partial charge >= 0.3 is 12.0 Å². The van der Waals surface area contributed by atoms with E-state index in [2.05, 4.69) is 5.92 Å². The fourth-order valence-corrected chi connectivity index (χ4v) is 2.28. The first kappa shape index (κ1) is 16.3. The average Bonchev–Trinajstić information content (AvgIpc) is 2.45. The number of hydrogen-bond acceptors (Lipinski definition) is 3. The smallest absolute Gasteiger partial charge is 0.320 e. The SMILES string of the molecule is C#CCN(CCC)C(=O)N1CCN(C(C)C(=O)O)CC1. The van der Waals surface area contributed by atoms with Gasteiger partial charge in [-0.05, 0) is 13.3 Å². The monoisotopic (exact) mass is 281 g/mol. The van der Waals surface area contributed by atoms with E-state index in [1.165, 1.54) is 0 Å². The van der Waals surface area contributed by atoms with Crippen LogP contribution in [0.1, 0.15) is 20.3 Å². The summed E-state index contributed by atoms with van der Waals surface area (Å²) in [7, 11) is 0. The van der Waals surface area contributed by atoms with E-state index in [4.69, 9.17) is 11.5 Å². The number of carbonyl (C=O) groups excluding carboxylic acids is 1. The quantitative estimate of drug-likeness (QED) is 0.747. The Balaban J connectivity index is 2.53. The lowest BCUT2D eigenvalue weighted by Crippen LogP contribution is -2.55. The molecule has 6 nitrogen and oxygen atoms in total. The summed E-state index contributed by atoms with van der Waals surface area (Å²) in [6, 6.07) is -0.558. The maximum atomic E-state index is 12.3. The second-order valence-electron chi connectivity index (χ2n) is 4.95. The molecule has 0 aliphatic carbocycles. The highest BCUT2D eigenvalue weighted by atomic mass is 16.4. The molecule has 0 aromatic heterocycles. The third-order valence-corrected chi connectivity index (χ3v) is 3.54. The number of hydrogen-bond donors (Lipinski definition) is 1. The molecule has 2 amide bonds. The zero-order chi connectivity index (χ0) is 15.1. The average molecular weight is 281 g/mol. The Morgan fingerprint density at radius 2 is 1.95 bits per heavy atom. The molecule has 1 rings (SSSR count). The largest absolute Gasteiger partial charge is 0.480 e. The number of aliphatic carboxylic acids is 1. The predicted octanol–water partition coefficient (Wildman–Crippen LogP) is 0.542. The van der Waals surface area contributed by atoms with Crippen LogP contribution in [-0.4, -0.2) is 77.1 Å². The van der Waals surface area contributed by atoms with Gasteiger partial charge in [-0.2, -0.15) is 0 Å². The normalized spacial score (nSPS) is 17.4. The van der Waals surface area contributed by atoms with Gasteiger partial charge in [0.25, 0.3) is 0 Å². The molecule has 1 N–H and O–H groups in total. The number of terminal acetylenes is 1. The van der Waals surface area contributed by atoms with Crippen LogP contribution in [0.5, 0.6) is 0 Å². The van der Waals surface area contributed by atoms with E-state index in [0.717, 1.165) is 6.42 Å². The topological polar surface area (TPSA) is 64.1 Å². The summed E-state index contributed by atoms with van der Waals surface area (Å²) in [5.74, 6) is 1.68. The van der Waals surface area contributed by atoms with Gasteiger partial charge in [-0.1, -0.05) is 12.8 Å². The van der Waals surface area contributed by atoms with Crippen molar-refractivity contribution in [3.8, 4) is 12.3 Å². The van der Waals surface area contributed by atoms with Crippen molar-refractivity contribution in [1.29, 1.82) is 0 Å². The van der Waals surface area contributed by atoms with Crippen LogP contribution >= 0.6 is 0 Å². The molecule has 0 saturated carbocycles. The molecule has 6 heteroatoms. The highest BCUT2D eigenvalue weighted by Crippen LogP contribution is 2.09. The number of piperazine rings is 1. The zero-order valence-electron chi connectivity index (χ0n) is 12.2. The standard InChI is InChI=1S/C14H23N3O3/c1-4-6-16(7-5-2)14(20)17-10-8-15(9-11-17)12(3)13(18)19/h1,12H,5-11H2,2-3H3,(H,18,19). The van der Waals surface area contributed by atoms with Crippen LogP contribution in [0.3, 0.4) is 0 Å². The van der Waals surface area contributed by atoms with Crippen molar-refractivity contribution in [3.63, 3.8) is 0 Å². The Hall–Kier alpha value is -1.74. The van der Waals surface area contributed by atoms with E-state index < -0.39 is 12.0 Å². The van der Waals surface area contributed by atoms with E-state index in [9.17, 15) is 9.59 Å². The van der Waals surface area contributed by atoms with Gasteiger partial charge in [-0.25, -0.2) is 4.79 Å². The second-order valence-corrected chi connectivity index (χ2v) is 4.95. The van der Waals surface area contributed by atoms with Gasteiger partial charge in [0.1, 0.15) is 6.04 Å². The van der Waals surface area contributed by atoms with Crippen LogP contribution < -0.4 is 0 Å². The van der Waals surface area contributed by atoms with Gasteiger partial charge in [0.15, 0.2) is 0 Å². The Bertz CT molecular complexity index is 384. The summed E-state index contributed by atoms with van der Waals surface area (Å²) in [6.45, 7) is 6.88. The predicted molar refractivity (Wildman–Crippen MR) is 76.3 cm³/mol. The van der Waals surface area contributed by atoms with Gasteiger partial charge in [0.05, 0.1) is 6.54 Å². The van der Waals surface area contributed by atoms with Crippen molar-refractivity contribution < 1.29 is 14.7 Å². The Morgan fingerprint density at radius 1 is 1.35 bits per heavy atom. The maximum Gasteiger partial charge on any atom is 0.320 e. The minimum absolute atomic E-state index is 0.0487. The minimum atomic E-state index is -0.829. The van der Waals surface area contributed by atoms with E-state index in [1.54, 1.807) is 16.7 Å². The number of rotatable bonds is 5. The fraction of sp³-hybridized carbons (Fsp3) is 0.714. The van der Waals surface area contributed by atoms with Crippen molar-refractivity contribution in [2.75, 3.05) is 39.3 Å². The second kappa shape index (κ2) is 7.75. The summed E-state index contributed by atoms with van der Waals surface area (Å²) >= 11 is 0. The molecule has 0 spiro atoms. The van der Waals surface area contributed by atoms with Crippen LogP contribution in [0.4, 0.5) is 4.79 Å². The fourth-order valence-electron chi connectivity index (χ4n) is 2.28. The lowest BCUT2D eigenvalue weighted by atomic mass is 10.2. The number of amides is 2. The molecule has 1 aliphatic heterocycles. The number of carbonyl (C=O) groups is 2. The molecular formula is C14H23N3O3.